The van der Waals surface area contributed by atoms with Crippen LogP contribution in [0.5, 0.6) is 5.75 Å². The Morgan fingerprint density at radius 3 is 2.56 bits per heavy atom. The average molecular weight is 558 g/mol. The van der Waals surface area contributed by atoms with E-state index in [0.717, 1.165) is 54.3 Å². The summed E-state index contributed by atoms with van der Waals surface area (Å²) in [6, 6.07) is 7.60. The summed E-state index contributed by atoms with van der Waals surface area (Å²) in [5.41, 5.74) is 1.67. The summed E-state index contributed by atoms with van der Waals surface area (Å²) >= 11 is 3.36. The Balaban J connectivity index is 1.09. The standard InChI is InChI=1S/C26H32BrN5O4/c1-36-21-8-6-20(7-9-21)31-16-14-30(15-17-31)12-3-11-28-24(33)4-2-13-32-25(34)22-18-19(27)5-10-23(22)29-26(32)35/h5-10,18,22H,2-4,11-17H2,1H3,(H,28,33). The molecule has 10 heteroatoms. The van der Waals surface area contributed by atoms with Crippen molar-refractivity contribution < 1.29 is 19.1 Å². The first-order chi connectivity index (χ1) is 17.4. The van der Waals surface area contributed by atoms with Crippen LogP contribution >= 0.6 is 15.9 Å². The molecule has 0 radical (unpaired) electrons. The Morgan fingerprint density at radius 1 is 1.08 bits per heavy atom. The minimum atomic E-state index is -0.560. The summed E-state index contributed by atoms with van der Waals surface area (Å²) in [5, 5.41) is 2.95. The summed E-state index contributed by atoms with van der Waals surface area (Å²) in [4.78, 5) is 47.1. The van der Waals surface area contributed by atoms with Gasteiger partial charge in [-0.2, -0.15) is 4.99 Å². The van der Waals surface area contributed by atoms with Gasteiger partial charge in [0.2, 0.25) is 11.8 Å². The second kappa shape index (κ2) is 12.3. The lowest BCUT2D eigenvalue weighted by molar-refractivity contribution is -0.130. The van der Waals surface area contributed by atoms with Crippen molar-refractivity contribution >= 4 is 45.2 Å². The van der Waals surface area contributed by atoms with Crippen LogP contribution in [0.15, 0.2) is 52.0 Å². The third kappa shape index (κ3) is 6.61. The number of allylic oxidation sites excluding steroid dienone is 3. The SMILES string of the molecule is COc1ccc(N2CCN(CCCNC(=O)CCCN3C(=O)N=C4C=CC(Br)=CC4C3=O)CC2)cc1. The molecule has 1 saturated heterocycles. The molecule has 4 rings (SSSR count). The molecule has 9 nitrogen and oxygen atoms in total. The van der Waals surface area contributed by atoms with E-state index in [-0.39, 0.29) is 24.8 Å². The zero-order valence-corrected chi connectivity index (χ0v) is 22.1. The van der Waals surface area contributed by atoms with E-state index in [0.29, 0.717) is 18.7 Å². The summed E-state index contributed by atoms with van der Waals surface area (Å²) < 4.78 is 6.01. The van der Waals surface area contributed by atoms with Gasteiger partial charge in [0, 0.05) is 55.9 Å². The lowest BCUT2D eigenvalue weighted by atomic mass is 9.95. The molecule has 4 amide bonds. The van der Waals surface area contributed by atoms with Crippen LogP contribution < -0.4 is 15.0 Å². The first-order valence-corrected chi connectivity index (χ1v) is 13.1. The van der Waals surface area contributed by atoms with Gasteiger partial charge in [-0.1, -0.05) is 22.0 Å². The number of fused-ring (bicyclic) bond motifs is 1. The summed E-state index contributed by atoms with van der Waals surface area (Å²) in [5.74, 6) is -0.0416. The highest BCUT2D eigenvalue weighted by Gasteiger charge is 2.36. The van der Waals surface area contributed by atoms with Crippen molar-refractivity contribution in [3.05, 3.63) is 47.0 Å². The molecule has 1 N–H and O–H groups in total. The van der Waals surface area contributed by atoms with Crippen molar-refractivity contribution in [1.82, 2.24) is 15.1 Å². The molecule has 1 unspecified atom stereocenters. The molecule has 2 heterocycles. The molecule has 192 valence electrons. The normalized spacial score (nSPS) is 20.1. The Labute approximate surface area is 220 Å². The number of anilines is 1. The van der Waals surface area contributed by atoms with E-state index >= 15 is 0 Å². The molecule has 1 aromatic rings. The highest BCUT2D eigenvalue weighted by Crippen LogP contribution is 2.25. The molecule has 0 bridgehead atoms. The summed E-state index contributed by atoms with van der Waals surface area (Å²) in [6.07, 6.45) is 6.74. The predicted molar refractivity (Wildman–Crippen MR) is 143 cm³/mol. The van der Waals surface area contributed by atoms with E-state index in [9.17, 15) is 14.4 Å². The zero-order valence-electron chi connectivity index (χ0n) is 20.5. The highest BCUT2D eigenvalue weighted by atomic mass is 79.9. The van der Waals surface area contributed by atoms with Crippen LogP contribution in [0.25, 0.3) is 0 Å². The number of imide groups is 1. The van der Waals surface area contributed by atoms with Crippen molar-refractivity contribution in [2.75, 3.05) is 57.8 Å². The molecular weight excluding hydrogens is 526 g/mol. The molecule has 1 atom stereocenters. The lowest BCUT2D eigenvalue weighted by Gasteiger charge is -2.36. The minimum Gasteiger partial charge on any atom is -0.497 e. The molecule has 2 aliphatic heterocycles. The monoisotopic (exact) mass is 557 g/mol. The quantitative estimate of drug-likeness (QED) is 0.444. The number of benzene rings is 1. The van der Waals surface area contributed by atoms with Crippen LogP contribution in [0, 0.1) is 5.92 Å². The predicted octanol–water partition coefficient (Wildman–Crippen LogP) is 2.97. The second-order valence-corrected chi connectivity index (χ2v) is 9.92. The largest absolute Gasteiger partial charge is 0.497 e. The number of hydrogen-bond acceptors (Lipinski definition) is 6. The first-order valence-electron chi connectivity index (χ1n) is 12.3. The zero-order chi connectivity index (χ0) is 25.5. The second-order valence-electron chi connectivity index (χ2n) is 9.01. The minimum absolute atomic E-state index is 0.0661. The molecule has 1 aliphatic carbocycles. The van der Waals surface area contributed by atoms with Crippen molar-refractivity contribution in [1.29, 1.82) is 0 Å². The smallest absolute Gasteiger partial charge is 0.350 e. The molecule has 1 fully saturated rings. The number of ether oxygens (including phenoxy) is 1. The van der Waals surface area contributed by atoms with Crippen LogP contribution in [-0.4, -0.2) is 86.3 Å². The topological polar surface area (TPSA) is 94.6 Å². The van der Waals surface area contributed by atoms with Crippen molar-refractivity contribution in [2.45, 2.75) is 19.3 Å². The van der Waals surface area contributed by atoms with Gasteiger partial charge in [-0.15, -0.1) is 0 Å². The van der Waals surface area contributed by atoms with E-state index in [1.165, 1.54) is 5.69 Å². The van der Waals surface area contributed by atoms with E-state index in [1.54, 1.807) is 25.3 Å². The van der Waals surface area contributed by atoms with Gasteiger partial charge in [0.25, 0.3) is 0 Å². The van der Waals surface area contributed by atoms with Crippen molar-refractivity contribution in [2.24, 2.45) is 10.9 Å². The highest BCUT2D eigenvalue weighted by molar-refractivity contribution is 9.11. The fourth-order valence-electron chi connectivity index (χ4n) is 4.55. The van der Waals surface area contributed by atoms with Gasteiger partial charge < -0.3 is 15.0 Å². The third-order valence-electron chi connectivity index (χ3n) is 6.61. The van der Waals surface area contributed by atoms with E-state index in [2.05, 4.69) is 48.2 Å². The first kappa shape index (κ1) is 26.1. The maximum Gasteiger partial charge on any atom is 0.350 e. The average Bonchev–Trinajstić information content (AvgIpc) is 2.89. The number of amides is 4. The Bertz CT molecular complexity index is 1060. The van der Waals surface area contributed by atoms with Crippen LogP contribution in [0.4, 0.5) is 10.5 Å². The van der Waals surface area contributed by atoms with Crippen LogP contribution in [-0.2, 0) is 9.59 Å². The van der Waals surface area contributed by atoms with Gasteiger partial charge >= 0.3 is 6.03 Å². The maximum atomic E-state index is 12.7. The van der Waals surface area contributed by atoms with E-state index < -0.39 is 11.9 Å². The van der Waals surface area contributed by atoms with Gasteiger partial charge in [-0.25, -0.2) is 4.79 Å². The number of nitrogens with one attached hydrogen (secondary N) is 1. The molecule has 0 saturated carbocycles. The van der Waals surface area contributed by atoms with Gasteiger partial charge in [-0.05, 0) is 55.8 Å². The van der Waals surface area contributed by atoms with E-state index in [1.807, 2.05) is 12.1 Å². The summed E-state index contributed by atoms with van der Waals surface area (Å²) in [7, 11) is 1.67. The van der Waals surface area contributed by atoms with Gasteiger partial charge in [-0.3, -0.25) is 19.4 Å². The molecule has 1 aromatic carbocycles. The van der Waals surface area contributed by atoms with Gasteiger partial charge in [0.1, 0.15) is 11.7 Å². The number of carbonyl (C=O) groups is 3. The Hall–Kier alpha value is -2.98. The molecule has 36 heavy (non-hydrogen) atoms. The number of urea groups is 1. The fourth-order valence-corrected chi connectivity index (χ4v) is 4.95. The number of hydrogen-bond donors (Lipinski definition) is 1. The molecular formula is C26H32BrN5O4. The number of nitrogens with zero attached hydrogens (tertiary/aromatic N) is 4. The number of methoxy groups -OCH3 is 1. The Morgan fingerprint density at radius 2 is 1.83 bits per heavy atom. The maximum absolute atomic E-state index is 12.7. The molecule has 0 spiro atoms. The van der Waals surface area contributed by atoms with E-state index in [4.69, 9.17) is 4.74 Å². The van der Waals surface area contributed by atoms with Crippen LogP contribution in [0.1, 0.15) is 19.3 Å². The molecule has 0 aromatic heterocycles. The number of carbonyl (C=O) groups excluding carboxylic acids is 3. The van der Waals surface area contributed by atoms with Crippen molar-refractivity contribution in [3.63, 3.8) is 0 Å². The van der Waals surface area contributed by atoms with Gasteiger partial charge in [0.05, 0.1) is 12.8 Å². The lowest BCUT2D eigenvalue weighted by Crippen LogP contribution is -2.47. The van der Waals surface area contributed by atoms with Crippen LogP contribution in [0.3, 0.4) is 0 Å². The summed E-state index contributed by atoms with van der Waals surface area (Å²) in [6.45, 7) is 5.66. The number of halogens is 1. The number of aliphatic imine (C=N–C) groups is 1. The van der Waals surface area contributed by atoms with Crippen LogP contribution in [0.2, 0.25) is 0 Å². The Kier molecular flexibility index (Phi) is 8.93. The fraction of sp³-hybridized carbons (Fsp3) is 0.462. The van der Waals surface area contributed by atoms with Crippen molar-refractivity contribution in [3.8, 4) is 5.75 Å². The molecule has 3 aliphatic rings. The van der Waals surface area contributed by atoms with Gasteiger partial charge in [0.15, 0.2) is 0 Å². The number of rotatable bonds is 10. The number of piperazine rings is 1. The third-order valence-corrected chi connectivity index (χ3v) is 7.14.